The lowest BCUT2D eigenvalue weighted by Gasteiger charge is -2.19. The van der Waals surface area contributed by atoms with Crippen LogP contribution in [-0.2, 0) is 4.79 Å². The van der Waals surface area contributed by atoms with Crippen molar-refractivity contribution in [1.82, 2.24) is 10.6 Å². The largest absolute Gasteiger partial charge is 0.481 e. The summed E-state index contributed by atoms with van der Waals surface area (Å²) in [6.45, 7) is 8.84. The van der Waals surface area contributed by atoms with Crippen molar-refractivity contribution < 1.29 is 14.7 Å². The van der Waals surface area contributed by atoms with Crippen LogP contribution in [0.2, 0.25) is 0 Å². The highest BCUT2D eigenvalue weighted by Gasteiger charge is 2.13. The normalized spacial score (nSPS) is 13.0. The fourth-order valence-electron chi connectivity index (χ4n) is 1.05. The first-order valence-electron chi connectivity index (χ1n) is 5.44. The number of hydrogen-bond acceptors (Lipinski definition) is 2. The summed E-state index contributed by atoms with van der Waals surface area (Å²) in [4.78, 5) is 21.7. The van der Waals surface area contributed by atoms with Gasteiger partial charge in [0.15, 0.2) is 0 Å². The van der Waals surface area contributed by atoms with E-state index in [2.05, 4.69) is 10.6 Å². The van der Waals surface area contributed by atoms with Crippen molar-refractivity contribution in [3.8, 4) is 0 Å². The summed E-state index contributed by atoms with van der Waals surface area (Å²) in [6.07, 6.45) is 0.0690. The highest BCUT2D eigenvalue weighted by atomic mass is 16.4. The lowest BCUT2D eigenvalue weighted by molar-refractivity contribution is -0.137. The topological polar surface area (TPSA) is 78.4 Å². The van der Waals surface area contributed by atoms with Crippen molar-refractivity contribution in [3.63, 3.8) is 0 Å². The molecule has 3 N–H and O–H groups in total. The zero-order valence-corrected chi connectivity index (χ0v) is 10.5. The van der Waals surface area contributed by atoms with Gasteiger partial charge < -0.3 is 15.7 Å². The second kappa shape index (κ2) is 6.35. The number of hydrogen-bond donors (Lipinski definition) is 3. The van der Waals surface area contributed by atoms with Crippen molar-refractivity contribution in [2.24, 2.45) is 11.3 Å². The highest BCUT2D eigenvalue weighted by molar-refractivity contribution is 5.74. The van der Waals surface area contributed by atoms with Crippen LogP contribution in [0.5, 0.6) is 0 Å². The number of carbonyl (C=O) groups excluding carboxylic acids is 1. The molecule has 0 saturated carbocycles. The van der Waals surface area contributed by atoms with Crippen LogP contribution in [0.4, 0.5) is 4.79 Å². The van der Waals surface area contributed by atoms with Gasteiger partial charge in [0.1, 0.15) is 0 Å². The van der Waals surface area contributed by atoms with Crippen molar-refractivity contribution in [3.05, 3.63) is 0 Å². The van der Waals surface area contributed by atoms with Gasteiger partial charge in [0, 0.05) is 19.5 Å². The monoisotopic (exact) mass is 230 g/mol. The Kier molecular flexibility index (Phi) is 5.85. The molecule has 1 unspecified atom stereocenters. The fourth-order valence-corrected chi connectivity index (χ4v) is 1.05. The Labute approximate surface area is 96.6 Å². The van der Waals surface area contributed by atoms with Gasteiger partial charge >= 0.3 is 12.0 Å². The third kappa shape index (κ3) is 9.30. The van der Waals surface area contributed by atoms with Gasteiger partial charge in [0.25, 0.3) is 0 Å². The molecule has 0 aliphatic heterocycles. The number of nitrogens with one attached hydrogen (secondary N) is 2. The van der Waals surface area contributed by atoms with Gasteiger partial charge in [0.05, 0.1) is 0 Å². The molecule has 0 radical (unpaired) electrons. The summed E-state index contributed by atoms with van der Waals surface area (Å²) in [5.74, 6) is -0.901. The van der Waals surface area contributed by atoms with E-state index in [-0.39, 0.29) is 23.8 Å². The molecular formula is C11H22N2O3. The van der Waals surface area contributed by atoms with Gasteiger partial charge in [-0.3, -0.25) is 4.79 Å². The smallest absolute Gasteiger partial charge is 0.314 e. The van der Waals surface area contributed by atoms with Crippen LogP contribution in [0, 0.1) is 11.3 Å². The van der Waals surface area contributed by atoms with E-state index >= 15 is 0 Å². The van der Waals surface area contributed by atoms with E-state index in [1.165, 1.54) is 0 Å². The summed E-state index contributed by atoms with van der Waals surface area (Å²) < 4.78 is 0. The molecule has 0 aromatic heterocycles. The second-order valence-electron chi connectivity index (χ2n) is 5.33. The molecular weight excluding hydrogens is 208 g/mol. The van der Waals surface area contributed by atoms with Gasteiger partial charge in [-0.05, 0) is 11.3 Å². The van der Waals surface area contributed by atoms with Gasteiger partial charge in [-0.15, -0.1) is 0 Å². The van der Waals surface area contributed by atoms with E-state index in [1.54, 1.807) is 6.92 Å². The van der Waals surface area contributed by atoms with E-state index in [1.807, 2.05) is 20.8 Å². The highest BCUT2D eigenvalue weighted by Crippen LogP contribution is 2.09. The van der Waals surface area contributed by atoms with Gasteiger partial charge in [-0.25, -0.2) is 4.79 Å². The van der Waals surface area contributed by atoms with Crippen LogP contribution in [-0.4, -0.2) is 30.2 Å². The number of rotatable bonds is 5. The second-order valence-corrected chi connectivity index (χ2v) is 5.33. The Morgan fingerprint density at radius 3 is 2.25 bits per heavy atom. The molecule has 5 heteroatoms. The molecule has 0 aliphatic carbocycles. The molecule has 1 atom stereocenters. The lowest BCUT2D eigenvalue weighted by Crippen LogP contribution is -2.41. The number of carboxylic acids is 1. The zero-order chi connectivity index (χ0) is 12.8. The summed E-state index contributed by atoms with van der Waals surface area (Å²) in [5.41, 5.74) is 0.0457. The van der Waals surface area contributed by atoms with Crippen molar-refractivity contribution in [1.29, 1.82) is 0 Å². The van der Waals surface area contributed by atoms with Gasteiger partial charge in [0.2, 0.25) is 0 Å². The molecule has 0 spiro atoms. The van der Waals surface area contributed by atoms with Crippen molar-refractivity contribution >= 4 is 12.0 Å². The minimum Gasteiger partial charge on any atom is -0.481 e. The molecule has 5 nitrogen and oxygen atoms in total. The number of carboxylic acid groups (broad SMARTS) is 1. The third-order valence-corrected chi connectivity index (χ3v) is 1.91. The first kappa shape index (κ1) is 14.7. The Hall–Kier alpha value is -1.26. The molecule has 0 rings (SSSR count). The number of urea groups is 1. The first-order valence-corrected chi connectivity index (χ1v) is 5.44. The van der Waals surface area contributed by atoms with Crippen LogP contribution < -0.4 is 10.6 Å². The van der Waals surface area contributed by atoms with Crippen LogP contribution in [0.3, 0.4) is 0 Å². The zero-order valence-electron chi connectivity index (χ0n) is 10.5. The Balaban J connectivity index is 3.69. The maximum atomic E-state index is 11.3. The van der Waals surface area contributed by atoms with Crippen molar-refractivity contribution in [2.75, 3.05) is 13.1 Å². The molecule has 0 aromatic rings. The molecule has 0 aromatic carbocycles. The van der Waals surface area contributed by atoms with Crippen LogP contribution in [0.1, 0.15) is 34.1 Å². The standard InChI is InChI=1S/C11H22N2O3/c1-8(5-9(14)15)6-12-10(16)13-7-11(2,3)4/h8H,5-7H2,1-4H3,(H,14,15)(H2,12,13,16). The summed E-state index contributed by atoms with van der Waals surface area (Å²) in [6, 6.07) is -0.243. The SMILES string of the molecule is CC(CNC(=O)NCC(C)(C)C)CC(=O)O. The Bertz CT molecular complexity index is 246. The number of carbonyl (C=O) groups is 2. The molecule has 0 aliphatic rings. The van der Waals surface area contributed by atoms with E-state index in [0.717, 1.165) is 0 Å². The van der Waals surface area contributed by atoms with Crippen LogP contribution in [0.25, 0.3) is 0 Å². The molecule has 0 fully saturated rings. The average molecular weight is 230 g/mol. The maximum absolute atomic E-state index is 11.3. The van der Waals surface area contributed by atoms with Gasteiger partial charge in [-0.2, -0.15) is 0 Å². The lowest BCUT2D eigenvalue weighted by atomic mass is 9.97. The third-order valence-electron chi connectivity index (χ3n) is 1.91. The Morgan fingerprint density at radius 2 is 1.81 bits per heavy atom. The summed E-state index contributed by atoms with van der Waals surface area (Å²) in [7, 11) is 0. The first-order chi connectivity index (χ1) is 7.20. The van der Waals surface area contributed by atoms with Gasteiger partial charge in [-0.1, -0.05) is 27.7 Å². The number of amides is 2. The van der Waals surface area contributed by atoms with E-state index < -0.39 is 5.97 Å². The van der Waals surface area contributed by atoms with Crippen LogP contribution in [0.15, 0.2) is 0 Å². The summed E-state index contributed by atoms with van der Waals surface area (Å²) >= 11 is 0. The molecule has 0 bridgehead atoms. The maximum Gasteiger partial charge on any atom is 0.314 e. The fraction of sp³-hybridized carbons (Fsp3) is 0.818. The molecule has 0 heterocycles. The minimum absolute atomic E-state index is 0.0457. The predicted molar refractivity (Wildman–Crippen MR) is 62.3 cm³/mol. The predicted octanol–water partition coefficient (Wildman–Crippen LogP) is 1.44. The molecule has 0 saturated heterocycles. The average Bonchev–Trinajstić information content (AvgIpc) is 2.09. The number of aliphatic carboxylic acids is 1. The Morgan fingerprint density at radius 1 is 1.25 bits per heavy atom. The molecule has 16 heavy (non-hydrogen) atoms. The molecule has 2 amide bonds. The van der Waals surface area contributed by atoms with Crippen LogP contribution >= 0.6 is 0 Å². The minimum atomic E-state index is -0.843. The molecule has 94 valence electrons. The van der Waals surface area contributed by atoms with Crippen molar-refractivity contribution in [2.45, 2.75) is 34.1 Å². The van der Waals surface area contributed by atoms with E-state index in [4.69, 9.17) is 5.11 Å². The summed E-state index contributed by atoms with van der Waals surface area (Å²) in [5, 5.41) is 13.9. The van der Waals surface area contributed by atoms with E-state index in [0.29, 0.717) is 13.1 Å². The van der Waals surface area contributed by atoms with E-state index in [9.17, 15) is 9.59 Å². The quantitative estimate of drug-likeness (QED) is 0.668.